The Labute approximate surface area is 149 Å². The minimum atomic E-state index is -0.0411. The van der Waals surface area contributed by atoms with Crippen LogP contribution >= 0.6 is 0 Å². The summed E-state index contributed by atoms with van der Waals surface area (Å²) in [5.74, 6) is 0.564. The van der Waals surface area contributed by atoms with Gasteiger partial charge in [-0.05, 0) is 31.2 Å². The van der Waals surface area contributed by atoms with Crippen LogP contribution in [0.1, 0.15) is 18.1 Å². The number of likely N-dealkylation sites (N-methyl/N-ethyl adjacent to an activating group) is 1. The van der Waals surface area contributed by atoms with E-state index in [1.807, 2.05) is 49.5 Å². The van der Waals surface area contributed by atoms with Crippen molar-refractivity contribution >= 4 is 17.4 Å². The Morgan fingerprint density at radius 3 is 2.40 bits per heavy atom. The SMILES string of the molecule is CCN1CCN(c2ccc(NC(=O)Cc3ccc(C)cc3)nc2)CC1. The number of piperazine rings is 1. The Balaban J connectivity index is 1.53. The van der Waals surface area contributed by atoms with Crippen LogP contribution in [0, 0.1) is 6.92 Å². The van der Waals surface area contributed by atoms with E-state index >= 15 is 0 Å². The van der Waals surface area contributed by atoms with E-state index in [0.717, 1.165) is 44.0 Å². The second kappa shape index (κ2) is 8.12. The number of hydrogen-bond acceptors (Lipinski definition) is 4. The van der Waals surface area contributed by atoms with Gasteiger partial charge in [0.15, 0.2) is 0 Å². The highest BCUT2D eigenvalue weighted by Gasteiger charge is 2.16. The quantitative estimate of drug-likeness (QED) is 0.911. The van der Waals surface area contributed by atoms with Crippen LogP contribution in [0.25, 0.3) is 0 Å². The van der Waals surface area contributed by atoms with Gasteiger partial charge >= 0.3 is 0 Å². The van der Waals surface area contributed by atoms with E-state index in [0.29, 0.717) is 12.2 Å². The standard InChI is InChI=1S/C20H26N4O/c1-3-23-10-12-24(13-11-23)18-8-9-19(21-15-18)22-20(25)14-17-6-4-16(2)5-7-17/h4-9,15H,3,10-14H2,1-2H3,(H,21,22,25). The number of pyridine rings is 1. The summed E-state index contributed by atoms with van der Waals surface area (Å²) in [6, 6.07) is 11.9. The van der Waals surface area contributed by atoms with Gasteiger partial charge in [0.2, 0.25) is 5.91 Å². The van der Waals surface area contributed by atoms with Crippen molar-refractivity contribution in [2.75, 3.05) is 42.9 Å². The van der Waals surface area contributed by atoms with Crippen molar-refractivity contribution in [3.05, 3.63) is 53.7 Å². The van der Waals surface area contributed by atoms with E-state index in [1.54, 1.807) is 0 Å². The highest BCUT2D eigenvalue weighted by molar-refractivity contribution is 5.91. The van der Waals surface area contributed by atoms with Gasteiger partial charge in [-0.25, -0.2) is 4.98 Å². The molecule has 1 aromatic heterocycles. The van der Waals surface area contributed by atoms with E-state index in [2.05, 4.69) is 27.0 Å². The molecular formula is C20H26N4O. The molecule has 1 saturated heterocycles. The maximum atomic E-state index is 12.2. The number of aryl methyl sites for hydroxylation is 1. The molecule has 1 fully saturated rings. The van der Waals surface area contributed by atoms with Crippen molar-refractivity contribution in [1.82, 2.24) is 9.88 Å². The first kappa shape index (κ1) is 17.4. The molecule has 5 heteroatoms. The molecule has 25 heavy (non-hydrogen) atoms. The number of carbonyl (C=O) groups excluding carboxylic acids is 1. The predicted octanol–water partition coefficient (Wildman–Crippen LogP) is 2.71. The Bertz CT molecular complexity index is 689. The third kappa shape index (κ3) is 4.79. The van der Waals surface area contributed by atoms with E-state index in [4.69, 9.17) is 0 Å². The van der Waals surface area contributed by atoms with Crippen LogP contribution < -0.4 is 10.2 Å². The Hall–Kier alpha value is -2.40. The van der Waals surface area contributed by atoms with E-state index in [-0.39, 0.29) is 5.91 Å². The van der Waals surface area contributed by atoms with E-state index in [9.17, 15) is 4.79 Å². The number of aromatic nitrogens is 1. The number of rotatable bonds is 5. The van der Waals surface area contributed by atoms with Gasteiger partial charge in [0.05, 0.1) is 18.3 Å². The zero-order valence-electron chi connectivity index (χ0n) is 15.0. The highest BCUT2D eigenvalue weighted by atomic mass is 16.1. The van der Waals surface area contributed by atoms with Crippen molar-refractivity contribution in [3.8, 4) is 0 Å². The van der Waals surface area contributed by atoms with Gasteiger partial charge < -0.3 is 15.1 Å². The number of nitrogens with one attached hydrogen (secondary N) is 1. The third-order valence-electron chi connectivity index (χ3n) is 4.69. The molecule has 2 aromatic rings. The Morgan fingerprint density at radius 1 is 1.08 bits per heavy atom. The average molecular weight is 338 g/mol. The zero-order valence-corrected chi connectivity index (χ0v) is 15.0. The molecular weight excluding hydrogens is 312 g/mol. The molecule has 0 atom stereocenters. The average Bonchev–Trinajstić information content (AvgIpc) is 2.64. The lowest BCUT2D eigenvalue weighted by Gasteiger charge is -2.35. The number of hydrogen-bond donors (Lipinski definition) is 1. The molecule has 0 saturated carbocycles. The fourth-order valence-electron chi connectivity index (χ4n) is 3.05. The number of carbonyl (C=O) groups is 1. The first-order valence-electron chi connectivity index (χ1n) is 8.93. The molecule has 0 unspecified atom stereocenters. The number of amides is 1. The summed E-state index contributed by atoms with van der Waals surface area (Å²) in [5, 5.41) is 2.87. The van der Waals surface area contributed by atoms with Crippen LogP contribution in [-0.4, -0.2) is 48.5 Å². The molecule has 1 aliphatic rings. The smallest absolute Gasteiger partial charge is 0.229 e. The van der Waals surface area contributed by atoms with Crippen LogP contribution in [-0.2, 0) is 11.2 Å². The van der Waals surface area contributed by atoms with Gasteiger partial charge in [0, 0.05) is 26.2 Å². The Kier molecular flexibility index (Phi) is 5.66. The molecule has 132 valence electrons. The van der Waals surface area contributed by atoms with Crippen LogP contribution in [0.4, 0.5) is 11.5 Å². The van der Waals surface area contributed by atoms with Crippen molar-refractivity contribution < 1.29 is 4.79 Å². The van der Waals surface area contributed by atoms with Gasteiger partial charge in [-0.15, -0.1) is 0 Å². The van der Waals surface area contributed by atoms with Crippen molar-refractivity contribution in [2.24, 2.45) is 0 Å². The fraction of sp³-hybridized carbons (Fsp3) is 0.400. The monoisotopic (exact) mass is 338 g/mol. The van der Waals surface area contributed by atoms with Crippen LogP contribution in [0.2, 0.25) is 0 Å². The second-order valence-corrected chi connectivity index (χ2v) is 6.53. The summed E-state index contributed by atoms with van der Waals surface area (Å²) in [6.45, 7) is 9.57. The maximum Gasteiger partial charge on any atom is 0.229 e. The van der Waals surface area contributed by atoms with Crippen LogP contribution in [0.3, 0.4) is 0 Å². The first-order chi connectivity index (χ1) is 12.1. The lowest BCUT2D eigenvalue weighted by Crippen LogP contribution is -2.46. The summed E-state index contributed by atoms with van der Waals surface area (Å²) in [6.07, 6.45) is 2.21. The summed E-state index contributed by atoms with van der Waals surface area (Å²) in [4.78, 5) is 21.3. The van der Waals surface area contributed by atoms with Gasteiger partial charge in [-0.2, -0.15) is 0 Å². The number of nitrogens with zero attached hydrogens (tertiary/aromatic N) is 3. The minimum absolute atomic E-state index is 0.0411. The molecule has 1 amide bonds. The summed E-state index contributed by atoms with van der Waals surface area (Å²) in [7, 11) is 0. The fourth-order valence-corrected chi connectivity index (χ4v) is 3.05. The number of anilines is 2. The molecule has 5 nitrogen and oxygen atoms in total. The summed E-state index contributed by atoms with van der Waals surface area (Å²) < 4.78 is 0. The van der Waals surface area contributed by atoms with Gasteiger partial charge in [-0.3, -0.25) is 4.79 Å². The molecule has 0 aliphatic carbocycles. The lowest BCUT2D eigenvalue weighted by molar-refractivity contribution is -0.115. The molecule has 1 aromatic carbocycles. The molecule has 1 N–H and O–H groups in total. The van der Waals surface area contributed by atoms with Crippen molar-refractivity contribution in [2.45, 2.75) is 20.3 Å². The molecule has 0 spiro atoms. The van der Waals surface area contributed by atoms with E-state index < -0.39 is 0 Å². The second-order valence-electron chi connectivity index (χ2n) is 6.53. The van der Waals surface area contributed by atoms with Crippen molar-refractivity contribution in [3.63, 3.8) is 0 Å². The summed E-state index contributed by atoms with van der Waals surface area (Å²) >= 11 is 0. The molecule has 2 heterocycles. The van der Waals surface area contributed by atoms with Gasteiger partial charge in [0.25, 0.3) is 0 Å². The van der Waals surface area contributed by atoms with Crippen molar-refractivity contribution in [1.29, 1.82) is 0 Å². The molecule has 1 aliphatic heterocycles. The number of benzene rings is 1. The lowest BCUT2D eigenvalue weighted by atomic mass is 10.1. The molecule has 0 radical (unpaired) electrons. The molecule has 3 rings (SSSR count). The first-order valence-corrected chi connectivity index (χ1v) is 8.93. The molecule has 0 bridgehead atoms. The topological polar surface area (TPSA) is 48.5 Å². The Morgan fingerprint density at radius 2 is 1.80 bits per heavy atom. The minimum Gasteiger partial charge on any atom is -0.368 e. The van der Waals surface area contributed by atoms with Crippen LogP contribution in [0.15, 0.2) is 42.6 Å². The largest absolute Gasteiger partial charge is 0.368 e. The van der Waals surface area contributed by atoms with Crippen LogP contribution in [0.5, 0.6) is 0 Å². The highest BCUT2D eigenvalue weighted by Crippen LogP contribution is 2.17. The van der Waals surface area contributed by atoms with E-state index in [1.165, 1.54) is 5.56 Å². The maximum absolute atomic E-state index is 12.2. The predicted molar refractivity (Wildman–Crippen MR) is 102 cm³/mol. The van der Waals surface area contributed by atoms with Gasteiger partial charge in [-0.1, -0.05) is 36.8 Å². The zero-order chi connectivity index (χ0) is 17.6. The van der Waals surface area contributed by atoms with Gasteiger partial charge in [0.1, 0.15) is 5.82 Å². The summed E-state index contributed by atoms with van der Waals surface area (Å²) in [5.41, 5.74) is 3.32. The third-order valence-corrected chi connectivity index (χ3v) is 4.69. The normalized spacial score (nSPS) is 15.2.